The predicted molar refractivity (Wildman–Crippen MR) is 50.8 cm³/mol. The van der Waals surface area contributed by atoms with Gasteiger partial charge in [-0.25, -0.2) is 0 Å². The summed E-state index contributed by atoms with van der Waals surface area (Å²) in [7, 11) is 0. The van der Waals surface area contributed by atoms with Gasteiger partial charge in [0.1, 0.15) is 0 Å². The first-order valence-corrected chi connectivity index (χ1v) is 5.10. The number of nitrogens with zero attached hydrogens (tertiary/aromatic N) is 2. The van der Waals surface area contributed by atoms with Gasteiger partial charge >= 0.3 is 0 Å². The van der Waals surface area contributed by atoms with Gasteiger partial charge < -0.3 is 14.7 Å². The SMILES string of the molecule is CCC1(O)c2ccccc2-[n+]2noc([O-])c21. The Morgan fingerprint density at radius 1 is 1.50 bits per heavy atom. The number of hydrogen-bond donors (Lipinski definition) is 1. The largest absolute Gasteiger partial charge is 0.539 e. The van der Waals surface area contributed by atoms with Crippen molar-refractivity contribution in [3.8, 4) is 11.6 Å². The van der Waals surface area contributed by atoms with Crippen molar-refractivity contribution in [1.29, 1.82) is 0 Å². The Bertz CT molecular complexity index is 564. The van der Waals surface area contributed by atoms with E-state index in [1.807, 2.05) is 19.1 Å². The fraction of sp³-hybridized carbons (Fsp3) is 0.273. The maximum atomic E-state index is 11.5. The standard InChI is InChI=1S/C11H10N2O3/c1-2-11(15)7-5-3-4-6-8(7)13-9(11)10(14)16-12-13/h3-6,15H,2H2,1H3. The maximum Gasteiger partial charge on any atom is 0.276 e. The van der Waals surface area contributed by atoms with Gasteiger partial charge in [-0.15, -0.1) is 0 Å². The fourth-order valence-electron chi connectivity index (χ4n) is 2.25. The molecule has 0 bridgehead atoms. The molecule has 1 aromatic heterocycles. The van der Waals surface area contributed by atoms with Crippen molar-refractivity contribution >= 4 is 0 Å². The quantitative estimate of drug-likeness (QED) is 0.683. The molecule has 1 aliphatic heterocycles. The number of aliphatic hydroxyl groups is 1. The Labute approximate surface area is 91.5 Å². The van der Waals surface area contributed by atoms with Gasteiger partial charge in [0.2, 0.25) is 5.69 Å². The molecule has 82 valence electrons. The number of hydrogen-bond acceptors (Lipinski definition) is 4. The second kappa shape index (κ2) is 2.82. The van der Waals surface area contributed by atoms with E-state index in [4.69, 9.17) is 0 Å². The van der Waals surface area contributed by atoms with Crippen molar-refractivity contribution in [1.82, 2.24) is 5.27 Å². The topological polar surface area (TPSA) is 73.2 Å². The fourth-order valence-corrected chi connectivity index (χ4v) is 2.25. The molecule has 1 aliphatic rings. The summed E-state index contributed by atoms with van der Waals surface area (Å²) in [6, 6.07) is 7.26. The summed E-state index contributed by atoms with van der Waals surface area (Å²) < 4.78 is 5.97. The summed E-state index contributed by atoms with van der Waals surface area (Å²) in [5.74, 6) is -0.583. The summed E-state index contributed by atoms with van der Waals surface area (Å²) in [5, 5.41) is 25.7. The molecule has 0 saturated heterocycles. The zero-order valence-electron chi connectivity index (χ0n) is 8.67. The van der Waals surface area contributed by atoms with Crippen LogP contribution in [0.3, 0.4) is 0 Å². The minimum Gasteiger partial charge on any atom is -0.539 e. The zero-order valence-corrected chi connectivity index (χ0v) is 8.67. The van der Waals surface area contributed by atoms with Crippen molar-refractivity contribution in [3.63, 3.8) is 0 Å². The Morgan fingerprint density at radius 3 is 3.00 bits per heavy atom. The monoisotopic (exact) mass is 218 g/mol. The molecule has 1 N–H and O–H groups in total. The van der Waals surface area contributed by atoms with Crippen LogP contribution in [0, 0.1) is 0 Å². The lowest BCUT2D eigenvalue weighted by molar-refractivity contribution is -0.675. The second-order valence-electron chi connectivity index (χ2n) is 3.85. The highest BCUT2D eigenvalue weighted by molar-refractivity contribution is 5.47. The third kappa shape index (κ3) is 0.886. The molecule has 5 heteroatoms. The van der Waals surface area contributed by atoms with Crippen LogP contribution in [-0.2, 0) is 5.60 Å². The Kier molecular flexibility index (Phi) is 1.65. The maximum absolute atomic E-state index is 11.5. The highest BCUT2D eigenvalue weighted by atomic mass is 16.6. The zero-order chi connectivity index (χ0) is 11.3. The van der Waals surface area contributed by atoms with E-state index in [-0.39, 0.29) is 5.69 Å². The predicted octanol–water partition coefficient (Wildman–Crippen LogP) is -0.0158. The lowest BCUT2D eigenvalue weighted by atomic mass is 9.90. The van der Waals surface area contributed by atoms with Crippen LogP contribution in [0.4, 0.5) is 0 Å². The van der Waals surface area contributed by atoms with Gasteiger partial charge in [0, 0.05) is 6.07 Å². The number of rotatable bonds is 1. The summed E-state index contributed by atoms with van der Waals surface area (Å²) in [6.07, 6.45) is 0.403. The van der Waals surface area contributed by atoms with Gasteiger partial charge in [-0.1, -0.05) is 19.1 Å². The summed E-state index contributed by atoms with van der Waals surface area (Å²) in [4.78, 5) is 0. The van der Waals surface area contributed by atoms with E-state index in [0.29, 0.717) is 17.7 Å². The lowest BCUT2D eigenvalue weighted by Gasteiger charge is -2.17. The average molecular weight is 218 g/mol. The van der Waals surface area contributed by atoms with Crippen LogP contribution in [-0.4, -0.2) is 10.4 Å². The molecule has 0 spiro atoms. The molecule has 2 heterocycles. The molecule has 3 rings (SSSR count). The number of benzene rings is 1. The summed E-state index contributed by atoms with van der Waals surface area (Å²) in [6.45, 7) is 1.82. The lowest BCUT2D eigenvalue weighted by Crippen LogP contribution is -2.36. The molecule has 0 radical (unpaired) electrons. The van der Waals surface area contributed by atoms with Gasteiger partial charge in [-0.05, 0) is 17.2 Å². The van der Waals surface area contributed by atoms with Crippen LogP contribution in [0.5, 0.6) is 5.95 Å². The minimum atomic E-state index is -1.28. The highest BCUT2D eigenvalue weighted by Crippen LogP contribution is 2.41. The smallest absolute Gasteiger partial charge is 0.276 e. The molecule has 0 fully saturated rings. The molecule has 5 nitrogen and oxygen atoms in total. The van der Waals surface area contributed by atoms with Crippen LogP contribution in [0.25, 0.3) is 5.69 Å². The number of aromatic nitrogens is 2. The Morgan fingerprint density at radius 2 is 2.25 bits per heavy atom. The molecule has 0 aliphatic carbocycles. The van der Waals surface area contributed by atoms with E-state index in [2.05, 4.69) is 9.79 Å². The van der Waals surface area contributed by atoms with Gasteiger partial charge in [0.15, 0.2) is 11.5 Å². The van der Waals surface area contributed by atoms with Crippen molar-refractivity contribution in [2.24, 2.45) is 0 Å². The van der Waals surface area contributed by atoms with E-state index in [0.717, 1.165) is 0 Å². The summed E-state index contributed by atoms with van der Waals surface area (Å²) >= 11 is 0. The molecular formula is C11H10N2O3. The van der Waals surface area contributed by atoms with Crippen molar-refractivity contribution in [3.05, 3.63) is 35.5 Å². The third-order valence-electron chi connectivity index (χ3n) is 3.09. The van der Waals surface area contributed by atoms with Crippen molar-refractivity contribution in [2.75, 3.05) is 0 Å². The van der Waals surface area contributed by atoms with Gasteiger partial charge in [0.25, 0.3) is 5.69 Å². The van der Waals surface area contributed by atoms with E-state index in [1.165, 1.54) is 4.68 Å². The molecule has 1 atom stereocenters. The van der Waals surface area contributed by atoms with Gasteiger partial charge in [-0.3, -0.25) is 0 Å². The molecule has 0 amide bonds. The Hall–Kier alpha value is -1.88. The molecular weight excluding hydrogens is 208 g/mol. The van der Waals surface area contributed by atoms with Crippen LogP contribution < -0.4 is 9.79 Å². The van der Waals surface area contributed by atoms with Crippen LogP contribution in [0.15, 0.2) is 28.8 Å². The first-order valence-electron chi connectivity index (χ1n) is 5.10. The van der Waals surface area contributed by atoms with Crippen molar-refractivity contribution < 1.29 is 19.4 Å². The minimum absolute atomic E-state index is 0.191. The first kappa shape index (κ1) is 9.35. The molecule has 16 heavy (non-hydrogen) atoms. The first-order chi connectivity index (χ1) is 7.68. The van der Waals surface area contributed by atoms with Crippen LogP contribution >= 0.6 is 0 Å². The highest BCUT2D eigenvalue weighted by Gasteiger charge is 2.51. The molecule has 1 unspecified atom stereocenters. The molecule has 0 saturated carbocycles. The van der Waals surface area contributed by atoms with Crippen LogP contribution in [0.1, 0.15) is 24.6 Å². The average Bonchev–Trinajstić information content (AvgIpc) is 2.81. The normalized spacial score (nSPS) is 21.9. The molecule has 2 aromatic rings. The van der Waals surface area contributed by atoms with Crippen LogP contribution in [0.2, 0.25) is 0 Å². The third-order valence-corrected chi connectivity index (χ3v) is 3.09. The van der Waals surface area contributed by atoms with E-state index in [9.17, 15) is 10.2 Å². The summed E-state index contributed by atoms with van der Waals surface area (Å²) in [5.41, 5.74) is 0.310. The number of fused-ring (bicyclic) bond motifs is 3. The second-order valence-corrected chi connectivity index (χ2v) is 3.85. The van der Waals surface area contributed by atoms with Gasteiger partial charge in [0.05, 0.1) is 10.8 Å². The van der Waals surface area contributed by atoms with Gasteiger partial charge in [-0.2, -0.15) is 0 Å². The Balaban J connectivity index is 2.40. The van der Waals surface area contributed by atoms with E-state index in [1.54, 1.807) is 12.1 Å². The van der Waals surface area contributed by atoms with Crippen molar-refractivity contribution in [2.45, 2.75) is 18.9 Å². The molecule has 1 aromatic carbocycles. The van der Waals surface area contributed by atoms with E-state index < -0.39 is 11.5 Å². The number of para-hydroxylation sites is 1. The van der Waals surface area contributed by atoms with E-state index >= 15 is 0 Å².